The average molecular weight is 210 g/mol. The van der Waals surface area contributed by atoms with E-state index in [1.54, 1.807) is 0 Å². The molecule has 2 unspecified atom stereocenters. The minimum Gasteiger partial charge on any atom is -0.303 e. The fourth-order valence-corrected chi connectivity index (χ4v) is 3.11. The van der Waals surface area contributed by atoms with Crippen molar-refractivity contribution in [1.82, 2.24) is 9.80 Å². The van der Waals surface area contributed by atoms with Crippen LogP contribution in [0.5, 0.6) is 0 Å². The van der Waals surface area contributed by atoms with Crippen LogP contribution in [0, 0.1) is 11.8 Å². The van der Waals surface area contributed by atoms with Crippen LogP contribution in [0.1, 0.15) is 33.6 Å². The highest BCUT2D eigenvalue weighted by Gasteiger charge is 2.39. The molecular formula is C13H26N2. The molecule has 0 aromatic rings. The van der Waals surface area contributed by atoms with E-state index in [0.717, 1.165) is 17.9 Å². The summed E-state index contributed by atoms with van der Waals surface area (Å²) in [5, 5.41) is 0. The molecule has 2 heterocycles. The van der Waals surface area contributed by atoms with Gasteiger partial charge in [-0.3, -0.25) is 0 Å². The van der Waals surface area contributed by atoms with Gasteiger partial charge >= 0.3 is 0 Å². The van der Waals surface area contributed by atoms with Crippen molar-refractivity contribution in [2.45, 2.75) is 39.7 Å². The number of nitrogens with zero attached hydrogens (tertiary/aromatic N) is 2. The molecule has 0 saturated carbocycles. The third-order valence-corrected chi connectivity index (χ3v) is 4.15. The Hall–Kier alpha value is -0.0800. The van der Waals surface area contributed by atoms with Gasteiger partial charge in [0.15, 0.2) is 0 Å². The van der Waals surface area contributed by atoms with Crippen molar-refractivity contribution < 1.29 is 0 Å². The van der Waals surface area contributed by atoms with E-state index in [4.69, 9.17) is 0 Å². The Morgan fingerprint density at radius 2 is 1.67 bits per heavy atom. The molecule has 2 heteroatoms. The standard InChI is InChI=1S/C13H26N2/c1-4-5-6-14-7-12-9-15(11(2)3)10-13(12)8-14/h11-13H,4-10H2,1-3H3. The summed E-state index contributed by atoms with van der Waals surface area (Å²) in [5.41, 5.74) is 0. The molecule has 2 atom stereocenters. The minimum atomic E-state index is 0.750. The Kier molecular flexibility index (Phi) is 3.68. The smallest absolute Gasteiger partial charge is 0.00388 e. The maximum Gasteiger partial charge on any atom is 0.00388 e. The van der Waals surface area contributed by atoms with E-state index in [9.17, 15) is 0 Å². The second kappa shape index (κ2) is 4.84. The highest BCUT2D eigenvalue weighted by atomic mass is 15.2. The molecule has 2 nitrogen and oxygen atoms in total. The summed E-state index contributed by atoms with van der Waals surface area (Å²) in [6.45, 7) is 13.7. The lowest BCUT2D eigenvalue weighted by Gasteiger charge is -2.24. The van der Waals surface area contributed by atoms with Crippen molar-refractivity contribution in [3.05, 3.63) is 0 Å². The number of likely N-dealkylation sites (tertiary alicyclic amines) is 2. The van der Waals surface area contributed by atoms with Crippen LogP contribution in [0.2, 0.25) is 0 Å². The molecule has 0 aromatic carbocycles. The van der Waals surface area contributed by atoms with E-state index in [-0.39, 0.29) is 0 Å². The summed E-state index contributed by atoms with van der Waals surface area (Å²) < 4.78 is 0. The number of rotatable bonds is 4. The van der Waals surface area contributed by atoms with E-state index < -0.39 is 0 Å². The van der Waals surface area contributed by atoms with Crippen LogP contribution in [-0.2, 0) is 0 Å². The zero-order valence-electron chi connectivity index (χ0n) is 10.6. The van der Waals surface area contributed by atoms with Crippen LogP contribution in [-0.4, -0.2) is 48.6 Å². The Balaban J connectivity index is 1.78. The second-order valence-electron chi connectivity index (χ2n) is 5.68. The fraction of sp³-hybridized carbons (Fsp3) is 1.00. The maximum atomic E-state index is 2.69. The quantitative estimate of drug-likeness (QED) is 0.701. The first kappa shape index (κ1) is 11.4. The minimum absolute atomic E-state index is 0.750. The molecule has 2 saturated heterocycles. The van der Waals surface area contributed by atoms with Gasteiger partial charge in [0, 0.05) is 32.2 Å². The molecule has 0 N–H and O–H groups in total. The number of unbranched alkanes of at least 4 members (excludes halogenated alkanes) is 1. The molecule has 2 aliphatic heterocycles. The van der Waals surface area contributed by atoms with Gasteiger partial charge in [0.1, 0.15) is 0 Å². The van der Waals surface area contributed by atoms with Gasteiger partial charge < -0.3 is 9.80 Å². The highest BCUT2D eigenvalue weighted by Crippen LogP contribution is 2.31. The third kappa shape index (κ3) is 2.54. The largest absolute Gasteiger partial charge is 0.303 e. The predicted octanol–water partition coefficient (Wildman–Crippen LogP) is 2.06. The number of hydrogen-bond acceptors (Lipinski definition) is 2. The van der Waals surface area contributed by atoms with Crippen molar-refractivity contribution in [2.75, 3.05) is 32.7 Å². The predicted molar refractivity (Wildman–Crippen MR) is 65.0 cm³/mol. The van der Waals surface area contributed by atoms with Gasteiger partial charge in [-0.15, -0.1) is 0 Å². The summed E-state index contributed by atoms with van der Waals surface area (Å²) in [6.07, 6.45) is 2.72. The van der Waals surface area contributed by atoms with E-state index in [1.165, 1.54) is 45.6 Å². The first-order valence-electron chi connectivity index (χ1n) is 6.67. The monoisotopic (exact) mass is 210 g/mol. The molecule has 15 heavy (non-hydrogen) atoms. The normalized spacial score (nSPS) is 32.8. The van der Waals surface area contributed by atoms with Crippen molar-refractivity contribution >= 4 is 0 Å². The van der Waals surface area contributed by atoms with E-state index in [0.29, 0.717) is 0 Å². The van der Waals surface area contributed by atoms with Crippen LogP contribution in [0.3, 0.4) is 0 Å². The zero-order chi connectivity index (χ0) is 10.8. The molecule has 0 radical (unpaired) electrons. The van der Waals surface area contributed by atoms with Gasteiger partial charge in [0.2, 0.25) is 0 Å². The lowest BCUT2D eigenvalue weighted by atomic mass is 10.0. The molecule has 0 bridgehead atoms. The highest BCUT2D eigenvalue weighted by molar-refractivity contribution is 4.93. The lowest BCUT2D eigenvalue weighted by Crippen LogP contribution is -2.33. The first-order valence-corrected chi connectivity index (χ1v) is 6.67. The van der Waals surface area contributed by atoms with Crippen LogP contribution in [0.4, 0.5) is 0 Å². The molecular weight excluding hydrogens is 184 g/mol. The number of hydrogen-bond donors (Lipinski definition) is 0. The summed E-state index contributed by atoms with van der Waals surface area (Å²) in [6, 6.07) is 0.750. The Labute approximate surface area is 94.6 Å². The lowest BCUT2D eigenvalue weighted by molar-refractivity contribution is 0.222. The molecule has 2 rings (SSSR count). The molecule has 88 valence electrons. The van der Waals surface area contributed by atoms with Crippen molar-refractivity contribution in [3.8, 4) is 0 Å². The van der Waals surface area contributed by atoms with Gasteiger partial charge in [-0.2, -0.15) is 0 Å². The fourth-order valence-electron chi connectivity index (χ4n) is 3.11. The molecule has 0 aromatic heterocycles. The molecule has 2 fully saturated rings. The van der Waals surface area contributed by atoms with Gasteiger partial charge in [-0.05, 0) is 38.6 Å². The van der Waals surface area contributed by atoms with E-state index in [2.05, 4.69) is 30.6 Å². The van der Waals surface area contributed by atoms with Gasteiger partial charge in [-0.25, -0.2) is 0 Å². The third-order valence-electron chi connectivity index (χ3n) is 4.15. The second-order valence-corrected chi connectivity index (χ2v) is 5.68. The Morgan fingerprint density at radius 1 is 1.07 bits per heavy atom. The van der Waals surface area contributed by atoms with E-state index in [1.807, 2.05) is 0 Å². The van der Waals surface area contributed by atoms with E-state index >= 15 is 0 Å². The maximum absolute atomic E-state index is 2.69. The topological polar surface area (TPSA) is 6.48 Å². The first-order chi connectivity index (χ1) is 7.20. The zero-order valence-corrected chi connectivity index (χ0v) is 10.6. The molecule has 0 spiro atoms. The summed E-state index contributed by atoms with van der Waals surface area (Å²) >= 11 is 0. The van der Waals surface area contributed by atoms with Gasteiger partial charge in [0.25, 0.3) is 0 Å². The average Bonchev–Trinajstić information content (AvgIpc) is 2.71. The molecule has 2 aliphatic rings. The van der Waals surface area contributed by atoms with Crippen LogP contribution in [0.25, 0.3) is 0 Å². The number of fused-ring (bicyclic) bond motifs is 1. The summed E-state index contributed by atoms with van der Waals surface area (Å²) in [7, 11) is 0. The molecule has 0 aliphatic carbocycles. The van der Waals surface area contributed by atoms with Gasteiger partial charge in [-0.1, -0.05) is 13.3 Å². The van der Waals surface area contributed by atoms with Crippen LogP contribution >= 0.6 is 0 Å². The van der Waals surface area contributed by atoms with Gasteiger partial charge in [0.05, 0.1) is 0 Å². The SMILES string of the molecule is CCCCN1CC2CN(C(C)C)CC2C1. The summed E-state index contributed by atoms with van der Waals surface area (Å²) in [4.78, 5) is 5.35. The van der Waals surface area contributed by atoms with Crippen LogP contribution < -0.4 is 0 Å². The van der Waals surface area contributed by atoms with Crippen molar-refractivity contribution in [2.24, 2.45) is 11.8 Å². The Morgan fingerprint density at radius 3 is 2.13 bits per heavy atom. The molecule has 0 amide bonds. The Bertz CT molecular complexity index is 189. The van der Waals surface area contributed by atoms with Crippen LogP contribution in [0.15, 0.2) is 0 Å². The van der Waals surface area contributed by atoms with Crippen molar-refractivity contribution in [3.63, 3.8) is 0 Å². The summed E-state index contributed by atoms with van der Waals surface area (Å²) in [5.74, 6) is 1.95. The van der Waals surface area contributed by atoms with Crippen molar-refractivity contribution in [1.29, 1.82) is 0 Å².